The maximum absolute atomic E-state index is 13.0. The molecule has 2 unspecified atom stereocenters. The van der Waals surface area contributed by atoms with Gasteiger partial charge in [0.1, 0.15) is 17.2 Å². The van der Waals surface area contributed by atoms with Crippen molar-refractivity contribution in [2.45, 2.75) is 70.1 Å². The molecule has 2 aromatic carbocycles. The molecule has 2 fully saturated rings. The van der Waals surface area contributed by atoms with E-state index in [0.29, 0.717) is 36.4 Å². The third-order valence-electron chi connectivity index (χ3n) is 7.62. The van der Waals surface area contributed by atoms with Crippen LogP contribution in [0.3, 0.4) is 0 Å². The van der Waals surface area contributed by atoms with E-state index in [2.05, 4.69) is 15.3 Å². The van der Waals surface area contributed by atoms with E-state index in [1.54, 1.807) is 41.6 Å². The largest absolute Gasteiger partial charge is 0.490 e. The molecule has 0 spiro atoms. The van der Waals surface area contributed by atoms with E-state index in [4.69, 9.17) is 23.5 Å². The summed E-state index contributed by atoms with van der Waals surface area (Å²) in [5.74, 6) is -0.205. The number of oxazole rings is 2. The smallest absolute Gasteiger partial charge is 0.475 e. The Morgan fingerprint density at radius 2 is 1.34 bits per heavy atom. The number of carboxylic acids is 1. The number of ether oxygens (including phenoxy) is 1. The first-order valence-corrected chi connectivity index (χ1v) is 16.0. The van der Waals surface area contributed by atoms with Crippen molar-refractivity contribution in [2.75, 3.05) is 26.2 Å². The number of nitrogens with zero attached hydrogens (tertiary/aromatic N) is 3. The Hall–Kier alpha value is -4.79. The molecule has 4 aromatic rings. The van der Waals surface area contributed by atoms with Crippen molar-refractivity contribution in [1.82, 2.24) is 20.2 Å². The van der Waals surface area contributed by atoms with Crippen LogP contribution < -0.4 is 5.32 Å². The molecule has 2 atom stereocenters. The van der Waals surface area contributed by atoms with Gasteiger partial charge < -0.3 is 28.9 Å². The van der Waals surface area contributed by atoms with Gasteiger partial charge in [0, 0.05) is 38.1 Å². The SMILES string of the molecule is CC(C)(C)OC(=O)N1CCCC(c2ncc(-c3ccc(F)cc3)o2)C1.Fc1ccc(-c2cnc(C3CCCNC3)o2)cc1.O=C(O)C(F)(F)F.[HH]. The number of carbonyl (C=O) groups excluding carboxylic acids is 1. The Morgan fingerprint density at radius 1 is 0.860 bits per heavy atom. The number of amides is 1. The van der Waals surface area contributed by atoms with Gasteiger partial charge in [0.25, 0.3) is 0 Å². The van der Waals surface area contributed by atoms with Gasteiger partial charge >= 0.3 is 18.2 Å². The fraction of sp³-hybridized carbons (Fsp3) is 0.429. The van der Waals surface area contributed by atoms with Gasteiger partial charge in [0.2, 0.25) is 0 Å². The molecule has 0 aliphatic carbocycles. The van der Waals surface area contributed by atoms with Crippen LogP contribution in [0.2, 0.25) is 0 Å². The molecule has 6 rings (SSSR count). The number of carboxylic acid groups (broad SMARTS) is 1. The van der Waals surface area contributed by atoms with Crippen molar-refractivity contribution in [2.24, 2.45) is 0 Å². The molecule has 0 saturated carbocycles. The van der Waals surface area contributed by atoms with Gasteiger partial charge in [-0.25, -0.2) is 28.3 Å². The fourth-order valence-electron chi connectivity index (χ4n) is 5.18. The minimum atomic E-state index is -5.08. The fourth-order valence-corrected chi connectivity index (χ4v) is 5.18. The van der Waals surface area contributed by atoms with Crippen LogP contribution in [-0.2, 0) is 9.53 Å². The maximum atomic E-state index is 13.0. The molecular weight excluding hydrogens is 667 g/mol. The average molecular weight is 709 g/mol. The monoisotopic (exact) mass is 708 g/mol. The lowest BCUT2D eigenvalue weighted by atomic mass is 9.98. The van der Waals surface area contributed by atoms with Gasteiger partial charge in [-0.3, -0.25) is 0 Å². The molecule has 2 aliphatic heterocycles. The topological polar surface area (TPSA) is 131 Å². The average Bonchev–Trinajstić information content (AvgIpc) is 3.77. The Morgan fingerprint density at radius 3 is 1.78 bits per heavy atom. The number of likely N-dealkylation sites (tertiary alicyclic amines) is 1. The summed E-state index contributed by atoms with van der Waals surface area (Å²) < 4.78 is 74.7. The van der Waals surface area contributed by atoms with Crippen LogP contribution in [0.15, 0.2) is 69.8 Å². The second-order valence-electron chi connectivity index (χ2n) is 12.8. The summed E-state index contributed by atoms with van der Waals surface area (Å²) in [6.45, 7) is 8.76. The summed E-state index contributed by atoms with van der Waals surface area (Å²) in [6.07, 6.45) is 2.02. The zero-order valence-corrected chi connectivity index (χ0v) is 27.8. The zero-order valence-electron chi connectivity index (χ0n) is 27.8. The summed E-state index contributed by atoms with van der Waals surface area (Å²) in [6, 6.07) is 12.4. The number of aromatic nitrogens is 2. The quantitative estimate of drug-likeness (QED) is 0.201. The highest BCUT2D eigenvalue weighted by Crippen LogP contribution is 2.31. The molecule has 0 radical (unpaired) electrons. The van der Waals surface area contributed by atoms with Gasteiger partial charge in [-0.05, 0) is 102 Å². The number of alkyl halides is 3. The van der Waals surface area contributed by atoms with Crippen LogP contribution in [0.5, 0.6) is 0 Å². The number of carbonyl (C=O) groups is 2. The number of rotatable bonds is 4. The number of aliphatic carboxylic acids is 1. The summed E-state index contributed by atoms with van der Waals surface area (Å²) >= 11 is 0. The van der Waals surface area contributed by atoms with E-state index < -0.39 is 17.7 Å². The Balaban J connectivity index is 0.000000236. The second-order valence-corrected chi connectivity index (χ2v) is 12.8. The molecule has 15 heteroatoms. The molecule has 4 heterocycles. The molecule has 272 valence electrons. The highest BCUT2D eigenvalue weighted by atomic mass is 19.4. The first-order chi connectivity index (χ1) is 23.6. The van der Waals surface area contributed by atoms with Gasteiger partial charge in [0.05, 0.1) is 18.3 Å². The first kappa shape index (κ1) is 38.0. The lowest BCUT2D eigenvalue weighted by Gasteiger charge is -2.32. The minimum absolute atomic E-state index is 0. The normalized spacial score (nSPS) is 17.9. The number of hydrogen-bond acceptors (Lipinski definition) is 8. The lowest BCUT2D eigenvalue weighted by molar-refractivity contribution is -0.192. The molecule has 0 bridgehead atoms. The van der Waals surface area contributed by atoms with E-state index >= 15 is 0 Å². The van der Waals surface area contributed by atoms with Crippen LogP contribution in [0.25, 0.3) is 22.6 Å². The standard InChI is InChI=1S/C19H23FN2O3.C14H15FN2O.C2HF3O2.H2/c1-19(2,3)25-18(23)22-10-4-5-14(12-22)17-21-11-16(24-17)13-6-8-15(20)9-7-13;15-12-5-3-10(4-6-12)13-9-17-14(18-13)11-2-1-7-16-8-11;3-2(4,5)1(6)7;/h6-9,11,14H,4-5,10,12H2,1-3H3;3-6,9,11,16H,1-2,7-8H2;(H,6,7);1H. The summed E-state index contributed by atoms with van der Waals surface area (Å²) in [4.78, 5) is 31.6. The van der Waals surface area contributed by atoms with E-state index in [1.165, 1.54) is 24.3 Å². The van der Waals surface area contributed by atoms with E-state index in [0.717, 1.165) is 55.8 Å². The second kappa shape index (κ2) is 16.7. The van der Waals surface area contributed by atoms with Crippen molar-refractivity contribution < 1.29 is 51.6 Å². The third kappa shape index (κ3) is 11.4. The zero-order chi connectivity index (χ0) is 36.5. The van der Waals surface area contributed by atoms with Crippen LogP contribution >= 0.6 is 0 Å². The number of piperidine rings is 2. The van der Waals surface area contributed by atoms with E-state index in [-0.39, 0.29) is 25.1 Å². The first-order valence-electron chi connectivity index (χ1n) is 16.0. The van der Waals surface area contributed by atoms with Gasteiger partial charge in [-0.2, -0.15) is 13.2 Å². The van der Waals surface area contributed by atoms with Crippen molar-refractivity contribution in [3.63, 3.8) is 0 Å². The maximum Gasteiger partial charge on any atom is 0.490 e. The molecule has 2 N–H and O–H groups in total. The molecule has 10 nitrogen and oxygen atoms in total. The number of nitrogens with one attached hydrogen (secondary N) is 1. The Bertz CT molecular complexity index is 1680. The predicted molar refractivity (Wildman–Crippen MR) is 174 cm³/mol. The van der Waals surface area contributed by atoms with Crippen molar-refractivity contribution in [3.8, 4) is 22.6 Å². The van der Waals surface area contributed by atoms with Crippen LogP contribution in [-0.4, -0.2) is 70.0 Å². The molecule has 2 saturated heterocycles. The van der Waals surface area contributed by atoms with E-state index in [1.807, 2.05) is 20.8 Å². The van der Waals surface area contributed by atoms with Gasteiger partial charge in [-0.1, -0.05) is 0 Å². The summed E-state index contributed by atoms with van der Waals surface area (Å²) in [7, 11) is 0. The predicted octanol–water partition coefficient (Wildman–Crippen LogP) is 8.42. The van der Waals surface area contributed by atoms with Gasteiger partial charge in [-0.15, -0.1) is 0 Å². The summed E-state index contributed by atoms with van der Waals surface area (Å²) in [5.41, 5.74) is 1.13. The summed E-state index contributed by atoms with van der Waals surface area (Å²) in [5, 5.41) is 10.5. The number of benzene rings is 2. The molecule has 1 amide bonds. The van der Waals surface area contributed by atoms with Gasteiger partial charge in [0.15, 0.2) is 23.3 Å². The van der Waals surface area contributed by atoms with Crippen LogP contribution in [0.4, 0.5) is 26.7 Å². The number of halogens is 5. The van der Waals surface area contributed by atoms with Crippen molar-refractivity contribution >= 4 is 12.1 Å². The third-order valence-corrected chi connectivity index (χ3v) is 7.62. The highest BCUT2D eigenvalue weighted by Gasteiger charge is 2.38. The molecular formula is C35H41F5N4O6. The van der Waals surface area contributed by atoms with Crippen LogP contribution in [0.1, 0.15) is 71.5 Å². The Kier molecular flexibility index (Phi) is 12.7. The van der Waals surface area contributed by atoms with Crippen molar-refractivity contribution in [1.29, 1.82) is 0 Å². The molecule has 50 heavy (non-hydrogen) atoms. The van der Waals surface area contributed by atoms with E-state index in [9.17, 15) is 26.7 Å². The van der Waals surface area contributed by atoms with Crippen LogP contribution in [0, 0.1) is 11.6 Å². The molecule has 2 aliphatic rings. The molecule has 2 aromatic heterocycles. The van der Waals surface area contributed by atoms with Crippen molar-refractivity contribution in [3.05, 3.63) is 84.3 Å². The lowest BCUT2D eigenvalue weighted by Crippen LogP contribution is -2.42. The Labute approximate surface area is 287 Å². The highest BCUT2D eigenvalue weighted by molar-refractivity contribution is 5.73. The minimum Gasteiger partial charge on any atom is -0.475 e. The number of hydrogen-bond donors (Lipinski definition) is 2.